The van der Waals surface area contributed by atoms with Crippen LogP contribution in [0.5, 0.6) is 11.5 Å². The number of carbonyl (C=O) groups is 2. The molecule has 0 bridgehead atoms. The third kappa shape index (κ3) is 4.20. The second-order valence-electron chi connectivity index (χ2n) is 7.04. The lowest BCUT2D eigenvalue weighted by Gasteiger charge is -2.25. The number of rotatable bonds is 6. The first-order valence-corrected chi connectivity index (χ1v) is 9.61. The number of nitrogens with one attached hydrogen (secondary N) is 2. The van der Waals surface area contributed by atoms with E-state index in [9.17, 15) is 14.0 Å². The zero-order chi connectivity index (χ0) is 22.0. The lowest BCUT2D eigenvalue weighted by molar-refractivity contribution is 0.0894. The number of hydrogen-bond acceptors (Lipinski definition) is 5. The van der Waals surface area contributed by atoms with Crippen LogP contribution in [0.15, 0.2) is 48.7 Å². The van der Waals surface area contributed by atoms with E-state index < -0.39 is 11.8 Å². The molecule has 1 aromatic heterocycles. The van der Waals surface area contributed by atoms with Crippen LogP contribution in [-0.4, -0.2) is 35.6 Å². The molecule has 2 heterocycles. The third-order valence-corrected chi connectivity index (χ3v) is 5.10. The van der Waals surface area contributed by atoms with Gasteiger partial charge in [-0.3, -0.25) is 9.59 Å². The lowest BCUT2D eigenvalue weighted by Crippen LogP contribution is -2.38. The third-order valence-electron chi connectivity index (χ3n) is 5.10. The van der Waals surface area contributed by atoms with Gasteiger partial charge in [0.05, 0.1) is 20.3 Å². The molecule has 0 radical (unpaired) electrons. The molecule has 3 aromatic rings. The largest absolute Gasteiger partial charge is 0.497 e. The van der Waals surface area contributed by atoms with Crippen molar-refractivity contribution in [1.82, 2.24) is 20.2 Å². The summed E-state index contributed by atoms with van der Waals surface area (Å²) in [5.41, 5.74) is 1.68. The summed E-state index contributed by atoms with van der Waals surface area (Å²) in [7, 11) is 3.10. The Bertz CT molecular complexity index is 1130. The zero-order valence-corrected chi connectivity index (χ0v) is 17.0. The number of ether oxygens (including phenoxy) is 2. The van der Waals surface area contributed by atoms with Crippen molar-refractivity contribution in [2.75, 3.05) is 14.2 Å². The predicted molar refractivity (Wildman–Crippen MR) is 110 cm³/mol. The van der Waals surface area contributed by atoms with Crippen molar-refractivity contribution >= 4 is 11.8 Å². The standard InChI is InChI=1S/C22H21FN4O4/c1-30-16-8-5-14(19(9-16)31-2)10-24-21(28)18-12-27-11-17(26-22(29)20(27)25-18)13-3-6-15(23)7-4-13/h3-9,12,17H,10-11H2,1-2H3,(H,24,28)(H,26,29). The van der Waals surface area contributed by atoms with E-state index >= 15 is 0 Å². The number of fused-ring (bicyclic) bond motifs is 1. The number of imidazole rings is 1. The Hall–Kier alpha value is -3.88. The molecule has 160 valence electrons. The van der Waals surface area contributed by atoms with Gasteiger partial charge in [0, 0.05) is 30.9 Å². The number of methoxy groups -OCH3 is 2. The Morgan fingerprint density at radius 3 is 2.71 bits per heavy atom. The summed E-state index contributed by atoms with van der Waals surface area (Å²) in [6.07, 6.45) is 1.55. The second kappa shape index (κ2) is 8.47. The molecule has 0 saturated heterocycles. The van der Waals surface area contributed by atoms with Crippen LogP contribution in [0, 0.1) is 5.82 Å². The van der Waals surface area contributed by atoms with E-state index in [0.29, 0.717) is 18.0 Å². The SMILES string of the molecule is COc1ccc(CNC(=O)c2cn3c(n2)C(=O)NC(c2ccc(F)cc2)C3)c(OC)c1. The average molecular weight is 424 g/mol. The van der Waals surface area contributed by atoms with Gasteiger partial charge in [-0.25, -0.2) is 9.37 Å². The first-order chi connectivity index (χ1) is 15.0. The predicted octanol–water partition coefficient (Wildman–Crippen LogP) is 2.45. The van der Waals surface area contributed by atoms with Gasteiger partial charge in [0.1, 0.15) is 23.0 Å². The number of nitrogens with zero attached hydrogens (tertiary/aromatic N) is 2. The molecule has 4 rings (SSSR count). The van der Waals surface area contributed by atoms with E-state index in [4.69, 9.17) is 9.47 Å². The van der Waals surface area contributed by atoms with Gasteiger partial charge in [-0.15, -0.1) is 0 Å². The number of hydrogen-bond donors (Lipinski definition) is 2. The molecule has 0 spiro atoms. The molecular weight excluding hydrogens is 403 g/mol. The van der Waals surface area contributed by atoms with E-state index in [1.165, 1.54) is 12.1 Å². The van der Waals surface area contributed by atoms with E-state index in [2.05, 4.69) is 15.6 Å². The molecular formula is C22H21FN4O4. The summed E-state index contributed by atoms with van der Waals surface area (Å²) in [5.74, 6) is 0.246. The molecule has 1 aliphatic heterocycles. The van der Waals surface area contributed by atoms with Crippen LogP contribution in [-0.2, 0) is 13.1 Å². The van der Waals surface area contributed by atoms with Crippen molar-refractivity contribution in [2.45, 2.75) is 19.1 Å². The van der Waals surface area contributed by atoms with Crippen molar-refractivity contribution in [1.29, 1.82) is 0 Å². The van der Waals surface area contributed by atoms with Crippen molar-refractivity contribution in [3.8, 4) is 11.5 Å². The number of halogens is 1. The monoisotopic (exact) mass is 424 g/mol. The molecule has 1 unspecified atom stereocenters. The Labute approximate surface area is 178 Å². The Balaban J connectivity index is 1.47. The normalized spacial score (nSPS) is 15.1. The molecule has 8 nitrogen and oxygen atoms in total. The fraction of sp³-hybridized carbons (Fsp3) is 0.227. The van der Waals surface area contributed by atoms with Crippen LogP contribution in [0.4, 0.5) is 4.39 Å². The molecule has 1 aliphatic rings. The summed E-state index contributed by atoms with van der Waals surface area (Å²) in [4.78, 5) is 29.3. The van der Waals surface area contributed by atoms with E-state index in [0.717, 1.165) is 11.1 Å². The molecule has 0 saturated carbocycles. The molecule has 0 aliphatic carbocycles. The van der Waals surface area contributed by atoms with Crippen molar-refractivity contribution in [3.05, 3.63) is 77.1 Å². The quantitative estimate of drug-likeness (QED) is 0.634. The minimum absolute atomic E-state index is 0.136. The van der Waals surface area contributed by atoms with Gasteiger partial charge in [0.2, 0.25) is 0 Å². The second-order valence-corrected chi connectivity index (χ2v) is 7.04. The van der Waals surface area contributed by atoms with Gasteiger partial charge in [0.25, 0.3) is 11.8 Å². The van der Waals surface area contributed by atoms with Crippen LogP contribution in [0.25, 0.3) is 0 Å². The number of aromatic nitrogens is 2. The van der Waals surface area contributed by atoms with Crippen LogP contribution in [0.1, 0.15) is 38.3 Å². The van der Waals surface area contributed by atoms with E-state index in [1.807, 2.05) is 0 Å². The number of amides is 2. The Morgan fingerprint density at radius 1 is 1.23 bits per heavy atom. The van der Waals surface area contributed by atoms with Crippen LogP contribution >= 0.6 is 0 Å². The molecule has 2 amide bonds. The van der Waals surface area contributed by atoms with Gasteiger partial charge < -0.3 is 24.7 Å². The summed E-state index contributed by atoms with van der Waals surface area (Å²) in [5, 5.41) is 5.63. The zero-order valence-electron chi connectivity index (χ0n) is 17.0. The molecule has 9 heteroatoms. The maximum absolute atomic E-state index is 13.2. The van der Waals surface area contributed by atoms with Crippen LogP contribution in [0.2, 0.25) is 0 Å². The van der Waals surface area contributed by atoms with Crippen molar-refractivity contribution in [3.63, 3.8) is 0 Å². The highest BCUT2D eigenvalue weighted by Gasteiger charge is 2.28. The van der Waals surface area contributed by atoms with Gasteiger partial charge in [-0.1, -0.05) is 12.1 Å². The molecule has 2 aromatic carbocycles. The summed E-state index contributed by atoms with van der Waals surface area (Å²) < 4.78 is 25.3. The Kier molecular flexibility index (Phi) is 5.57. The lowest BCUT2D eigenvalue weighted by atomic mass is 10.1. The number of benzene rings is 2. The fourth-order valence-corrected chi connectivity index (χ4v) is 3.46. The summed E-state index contributed by atoms with van der Waals surface area (Å²) in [6, 6.07) is 10.9. The van der Waals surface area contributed by atoms with Crippen molar-refractivity contribution < 1.29 is 23.5 Å². The first-order valence-electron chi connectivity index (χ1n) is 9.61. The maximum atomic E-state index is 13.2. The highest BCUT2D eigenvalue weighted by Crippen LogP contribution is 2.25. The summed E-state index contributed by atoms with van der Waals surface area (Å²) in [6.45, 7) is 0.609. The first kappa shape index (κ1) is 20.4. The number of carbonyl (C=O) groups excluding carboxylic acids is 2. The van der Waals surface area contributed by atoms with Gasteiger partial charge >= 0.3 is 0 Å². The Morgan fingerprint density at radius 2 is 2.00 bits per heavy atom. The van der Waals surface area contributed by atoms with Gasteiger partial charge in [-0.2, -0.15) is 0 Å². The van der Waals surface area contributed by atoms with Gasteiger partial charge in [-0.05, 0) is 29.8 Å². The van der Waals surface area contributed by atoms with Crippen molar-refractivity contribution in [2.24, 2.45) is 0 Å². The molecule has 1 atom stereocenters. The van der Waals surface area contributed by atoms with Crippen LogP contribution < -0.4 is 20.1 Å². The molecule has 31 heavy (non-hydrogen) atoms. The topological polar surface area (TPSA) is 94.5 Å². The van der Waals surface area contributed by atoms with Gasteiger partial charge in [0.15, 0.2) is 5.82 Å². The highest BCUT2D eigenvalue weighted by molar-refractivity contribution is 5.96. The maximum Gasteiger partial charge on any atom is 0.287 e. The molecule has 2 N–H and O–H groups in total. The average Bonchev–Trinajstić information content (AvgIpc) is 3.23. The minimum atomic E-state index is -0.411. The van der Waals surface area contributed by atoms with Crippen LogP contribution in [0.3, 0.4) is 0 Å². The van der Waals surface area contributed by atoms with E-state index in [-0.39, 0.29) is 29.9 Å². The fourth-order valence-electron chi connectivity index (χ4n) is 3.46. The van der Waals surface area contributed by atoms with E-state index in [1.54, 1.807) is 55.3 Å². The highest BCUT2D eigenvalue weighted by atomic mass is 19.1. The molecule has 0 fully saturated rings. The minimum Gasteiger partial charge on any atom is -0.497 e. The summed E-state index contributed by atoms with van der Waals surface area (Å²) >= 11 is 0. The smallest absolute Gasteiger partial charge is 0.287 e.